The number of rotatable bonds is 14. The number of aliphatic hydroxyl groups excluding tert-OH is 1. The van der Waals surface area contributed by atoms with Gasteiger partial charge in [-0.1, -0.05) is 42.5 Å². The molecule has 1 unspecified atom stereocenters. The molecule has 0 radical (unpaired) electrons. The molecule has 1 aliphatic rings. The Morgan fingerprint density at radius 1 is 0.979 bits per heavy atom. The zero-order valence-electron chi connectivity index (χ0n) is 27.8. The van der Waals surface area contributed by atoms with Crippen LogP contribution in [-0.2, 0) is 27.4 Å². The number of β-amino-alcohol motifs (C(OH)–C–C–N with tert-alkyl or cyclic N) is 1. The summed E-state index contributed by atoms with van der Waals surface area (Å²) in [6.07, 6.45) is 0.0209. The van der Waals surface area contributed by atoms with E-state index in [1.807, 2.05) is 68.4 Å². The zero-order chi connectivity index (χ0) is 34.0. The second kappa shape index (κ2) is 15.8. The number of benzene rings is 3. The van der Waals surface area contributed by atoms with E-state index >= 15 is 0 Å². The average Bonchev–Trinajstić information content (AvgIpc) is 3.01. The lowest BCUT2D eigenvalue weighted by atomic mass is 9.94. The van der Waals surface area contributed by atoms with E-state index in [1.165, 1.54) is 0 Å². The largest absolute Gasteiger partial charge is 0.487 e. The third kappa shape index (κ3) is 11.3. The molecule has 0 saturated heterocycles. The summed E-state index contributed by atoms with van der Waals surface area (Å²) in [4.78, 5) is 36.2. The topological polar surface area (TPSA) is 147 Å². The first-order valence-corrected chi connectivity index (χ1v) is 15.8. The Balaban J connectivity index is 1.26. The molecular weight excluding hydrogens is 600 g/mol. The lowest BCUT2D eigenvalue weighted by Crippen LogP contribution is -2.43. The van der Waals surface area contributed by atoms with Gasteiger partial charge >= 0.3 is 6.09 Å². The second-order valence-electron chi connectivity index (χ2n) is 13.2. The number of carbonyl (C=O) groups is 3. The number of amides is 3. The number of hydrogen-bond donors (Lipinski definition) is 5. The van der Waals surface area contributed by atoms with Crippen LogP contribution in [0.5, 0.6) is 11.5 Å². The molecule has 3 aromatic carbocycles. The highest BCUT2D eigenvalue weighted by Crippen LogP contribution is 2.42. The van der Waals surface area contributed by atoms with E-state index in [2.05, 4.69) is 21.3 Å². The fourth-order valence-electron chi connectivity index (χ4n) is 5.02. The average molecular weight is 647 g/mol. The number of aliphatic hydroxyl groups is 1. The predicted molar refractivity (Wildman–Crippen MR) is 181 cm³/mol. The molecule has 1 heterocycles. The van der Waals surface area contributed by atoms with Crippen molar-refractivity contribution >= 4 is 29.3 Å². The smallest absolute Gasteiger partial charge is 0.407 e. The minimum Gasteiger partial charge on any atom is -0.487 e. The summed E-state index contributed by atoms with van der Waals surface area (Å²) in [5, 5.41) is 23.0. The van der Waals surface area contributed by atoms with Gasteiger partial charge in [-0.05, 0) is 82.9 Å². The van der Waals surface area contributed by atoms with Crippen LogP contribution in [0.2, 0.25) is 0 Å². The van der Waals surface area contributed by atoms with Crippen molar-refractivity contribution in [2.45, 2.75) is 77.7 Å². The summed E-state index contributed by atoms with van der Waals surface area (Å²) in [6.45, 7) is 10.3. The maximum Gasteiger partial charge on any atom is 0.407 e. The van der Waals surface area contributed by atoms with Crippen LogP contribution in [0.25, 0.3) is 0 Å². The van der Waals surface area contributed by atoms with E-state index in [-0.39, 0.29) is 36.9 Å². The van der Waals surface area contributed by atoms with E-state index in [0.29, 0.717) is 54.4 Å². The van der Waals surface area contributed by atoms with Crippen LogP contribution in [0.4, 0.5) is 16.2 Å². The third-order valence-corrected chi connectivity index (χ3v) is 7.26. The SMILES string of the molecule is CC(C)(Cc1ccc(NC(=O)CCCNC(=O)OC(C)(C)C)cc1)NCC(O)c1ccc(OCc2ccccc2)c2c1OCC(=O)N2. The highest BCUT2D eigenvalue weighted by atomic mass is 16.6. The van der Waals surface area contributed by atoms with Crippen LogP contribution in [0.15, 0.2) is 66.7 Å². The van der Waals surface area contributed by atoms with Gasteiger partial charge in [-0.2, -0.15) is 0 Å². The molecule has 0 aromatic heterocycles. The Bertz CT molecular complexity index is 1520. The summed E-state index contributed by atoms with van der Waals surface area (Å²) in [5.74, 6) is 0.447. The van der Waals surface area contributed by atoms with Crippen LogP contribution in [-0.4, -0.2) is 53.9 Å². The Labute approximate surface area is 276 Å². The van der Waals surface area contributed by atoms with Crippen molar-refractivity contribution in [2.75, 3.05) is 30.3 Å². The maximum absolute atomic E-state index is 12.4. The summed E-state index contributed by atoms with van der Waals surface area (Å²) in [6, 6.07) is 20.8. The van der Waals surface area contributed by atoms with Gasteiger partial charge in [-0.15, -0.1) is 0 Å². The van der Waals surface area contributed by atoms with Crippen LogP contribution in [0, 0.1) is 0 Å². The van der Waals surface area contributed by atoms with E-state index in [0.717, 1.165) is 11.1 Å². The molecule has 252 valence electrons. The normalized spacial score (nSPS) is 13.4. The summed E-state index contributed by atoms with van der Waals surface area (Å²) in [7, 11) is 0. The van der Waals surface area contributed by atoms with Gasteiger partial charge in [0.15, 0.2) is 12.4 Å². The predicted octanol–water partition coefficient (Wildman–Crippen LogP) is 5.48. The van der Waals surface area contributed by atoms with Crippen LogP contribution in [0.3, 0.4) is 0 Å². The minimum atomic E-state index is -0.905. The zero-order valence-corrected chi connectivity index (χ0v) is 27.8. The van der Waals surface area contributed by atoms with Crippen molar-refractivity contribution in [1.29, 1.82) is 0 Å². The number of carbonyl (C=O) groups excluding carboxylic acids is 3. The lowest BCUT2D eigenvalue weighted by Gasteiger charge is -2.30. The molecule has 1 atom stereocenters. The van der Waals surface area contributed by atoms with Crippen molar-refractivity contribution in [2.24, 2.45) is 0 Å². The molecule has 47 heavy (non-hydrogen) atoms. The van der Waals surface area contributed by atoms with Gasteiger partial charge in [0, 0.05) is 36.3 Å². The summed E-state index contributed by atoms with van der Waals surface area (Å²) in [5.41, 5.74) is 2.76. The van der Waals surface area contributed by atoms with Crippen molar-refractivity contribution in [3.05, 3.63) is 83.4 Å². The number of alkyl carbamates (subject to hydrolysis) is 1. The molecule has 11 heteroatoms. The highest BCUT2D eigenvalue weighted by Gasteiger charge is 2.28. The van der Waals surface area contributed by atoms with Crippen molar-refractivity contribution in [1.82, 2.24) is 10.6 Å². The Kier molecular flexibility index (Phi) is 11.8. The highest BCUT2D eigenvalue weighted by molar-refractivity contribution is 5.97. The standard InChI is InChI=1S/C36H46N4O7/c1-35(2,3)47-34(44)37-19-9-12-30(42)39-26-15-13-24(14-16-26)20-36(4,5)38-21-28(41)27-17-18-29(32-33(27)46-23-31(43)40-32)45-22-25-10-7-6-8-11-25/h6-8,10-11,13-18,28,38,41H,9,12,19-23H2,1-5H3,(H,37,44)(H,39,42)(H,40,43). The fraction of sp³-hybridized carbons (Fsp3) is 0.417. The van der Waals surface area contributed by atoms with Gasteiger partial charge in [0.25, 0.3) is 5.91 Å². The van der Waals surface area contributed by atoms with Crippen LogP contribution >= 0.6 is 0 Å². The van der Waals surface area contributed by atoms with Gasteiger partial charge in [-0.3, -0.25) is 9.59 Å². The first kappa shape index (κ1) is 35.2. The van der Waals surface area contributed by atoms with Crippen molar-refractivity contribution in [3.63, 3.8) is 0 Å². The molecule has 0 bridgehead atoms. The van der Waals surface area contributed by atoms with Gasteiger partial charge in [0.05, 0.1) is 6.10 Å². The molecule has 0 fully saturated rings. The molecule has 3 aromatic rings. The lowest BCUT2D eigenvalue weighted by molar-refractivity contribution is -0.118. The molecule has 0 spiro atoms. The molecule has 5 N–H and O–H groups in total. The first-order chi connectivity index (χ1) is 22.3. The van der Waals surface area contributed by atoms with Crippen molar-refractivity contribution in [3.8, 4) is 11.5 Å². The van der Waals surface area contributed by atoms with Crippen LogP contribution < -0.4 is 30.7 Å². The second-order valence-corrected chi connectivity index (χ2v) is 13.2. The molecule has 3 amide bonds. The quantitative estimate of drug-likeness (QED) is 0.145. The van der Waals surface area contributed by atoms with E-state index in [1.54, 1.807) is 32.9 Å². The van der Waals surface area contributed by atoms with E-state index < -0.39 is 17.8 Å². The summed E-state index contributed by atoms with van der Waals surface area (Å²) < 4.78 is 17.0. The fourth-order valence-corrected chi connectivity index (χ4v) is 5.02. The van der Waals surface area contributed by atoms with Crippen LogP contribution in [0.1, 0.15) is 70.3 Å². The molecule has 0 aliphatic carbocycles. The molecular formula is C36H46N4O7. The number of ether oxygens (including phenoxy) is 3. The van der Waals surface area contributed by atoms with Gasteiger partial charge < -0.3 is 40.6 Å². The molecule has 4 rings (SSSR count). The Morgan fingerprint density at radius 2 is 1.70 bits per heavy atom. The monoisotopic (exact) mass is 646 g/mol. The van der Waals surface area contributed by atoms with Crippen molar-refractivity contribution < 1.29 is 33.7 Å². The van der Waals surface area contributed by atoms with E-state index in [4.69, 9.17) is 14.2 Å². The molecule has 0 saturated carbocycles. The number of nitrogens with one attached hydrogen (secondary N) is 4. The van der Waals surface area contributed by atoms with E-state index in [9.17, 15) is 19.5 Å². The Morgan fingerprint density at radius 3 is 2.40 bits per heavy atom. The molecule has 1 aliphatic heterocycles. The summed E-state index contributed by atoms with van der Waals surface area (Å²) >= 11 is 0. The van der Waals surface area contributed by atoms with Gasteiger partial charge in [0.1, 0.15) is 23.6 Å². The Hall–Kier alpha value is -4.61. The number of fused-ring (bicyclic) bond motifs is 1. The minimum absolute atomic E-state index is 0.138. The molecule has 11 nitrogen and oxygen atoms in total. The maximum atomic E-state index is 12.4. The first-order valence-electron chi connectivity index (χ1n) is 15.8. The number of hydrogen-bond acceptors (Lipinski definition) is 8. The third-order valence-electron chi connectivity index (χ3n) is 7.26. The van der Waals surface area contributed by atoms with Gasteiger partial charge in [-0.25, -0.2) is 4.79 Å². The number of anilines is 2. The van der Waals surface area contributed by atoms with Gasteiger partial charge in [0.2, 0.25) is 5.91 Å².